The number of nitrogens with zero attached hydrogens (tertiary/aromatic N) is 1. The summed E-state index contributed by atoms with van der Waals surface area (Å²) >= 11 is 0. The smallest absolute Gasteiger partial charge is 0.0468 e. The van der Waals surface area contributed by atoms with Gasteiger partial charge in [-0.1, -0.05) is 127 Å². The fourth-order valence-electron chi connectivity index (χ4n) is 12.1. The molecule has 13 rings (SSSR count). The number of hydrogen-bond acceptors (Lipinski definition) is 1. The van der Waals surface area contributed by atoms with Crippen LogP contribution >= 0.6 is 0 Å². The van der Waals surface area contributed by atoms with Crippen LogP contribution in [0.4, 0.5) is 17.1 Å². The summed E-state index contributed by atoms with van der Waals surface area (Å²) in [4.78, 5) is 2.40. The maximum absolute atomic E-state index is 2.54. The zero-order valence-corrected chi connectivity index (χ0v) is 31.0. The molecule has 5 aliphatic carbocycles. The minimum atomic E-state index is 0.214. The molecule has 0 N–H and O–H groups in total. The van der Waals surface area contributed by atoms with Gasteiger partial charge in [0.2, 0.25) is 0 Å². The van der Waals surface area contributed by atoms with Crippen LogP contribution in [0.2, 0.25) is 0 Å². The minimum absolute atomic E-state index is 0.214. The summed E-state index contributed by atoms with van der Waals surface area (Å²) in [6, 6.07) is 66.1. The van der Waals surface area contributed by atoms with Gasteiger partial charge >= 0.3 is 0 Å². The molecule has 8 aromatic carbocycles. The SMILES string of the molecule is c1ccc2c(c1)-c1cc(-c3ccc(N(c4ccc(-c5ccc6ccccc6c5)cc4)c4ccc5ccccc5c4)cc3)ccc1C21C2CC3CC(C2)CC1C3. The highest BCUT2D eigenvalue weighted by Crippen LogP contribution is 2.69. The Kier molecular flexibility index (Phi) is 6.88. The first-order valence-corrected chi connectivity index (χ1v) is 20.4. The van der Waals surface area contributed by atoms with Crippen LogP contribution in [0.3, 0.4) is 0 Å². The van der Waals surface area contributed by atoms with Crippen LogP contribution in [0.15, 0.2) is 176 Å². The van der Waals surface area contributed by atoms with Crippen molar-refractivity contribution in [1.82, 2.24) is 0 Å². The monoisotopic (exact) mass is 705 g/mol. The summed E-state index contributed by atoms with van der Waals surface area (Å²) in [5, 5.41) is 5.03. The van der Waals surface area contributed by atoms with Crippen molar-refractivity contribution in [2.24, 2.45) is 23.7 Å². The van der Waals surface area contributed by atoms with Crippen molar-refractivity contribution in [3.8, 4) is 33.4 Å². The van der Waals surface area contributed by atoms with E-state index >= 15 is 0 Å². The van der Waals surface area contributed by atoms with Crippen LogP contribution in [0.25, 0.3) is 54.9 Å². The molecule has 0 aromatic heterocycles. The number of anilines is 3. The average molecular weight is 706 g/mol. The fraction of sp³-hybridized carbons (Fsp3) is 0.185. The number of benzene rings is 8. The molecular formula is C54H43N. The molecule has 0 amide bonds. The number of fused-ring (bicyclic) bond motifs is 5. The quantitative estimate of drug-likeness (QED) is 0.172. The first-order valence-electron chi connectivity index (χ1n) is 20.4. The lowest BCUT2D eigenvalue weighted by Crippen LogP contribution is -2.55. The second-order valence-corrected chi connectivity index (χ2v) is 17.0. The summed E-state index contributed by atoms with van der Waals surface area (Å²) in [6.45, 7) is 0. The van der Waals surface area contributed by atoms with E-state index in [-0.39, 0.29) is 5.41 Å². The first-order chi connectivity index (χ1) is 27.2. The molecule has 4 bridgehead atoms. The molecule has 8 aromatic rings. The van der Waals surface area contributed by atoms with Crippen molar-refractivity contribution in [2.45, 2.75) is 37.5 Å². The normalized spacial score (nSPS) is 23.0. The van der Waals surface area contributed by atoms with Gasteiger partial charge in [-0.3, -0.25) is 0 Å². The Labute approximate surface area is 323 Å². The van der Waals surface area contributed by atoms with E-state index in [0.717, 1.165) is 40.7 Å². The lowest BCUT2D eigenvalue weighted by atomic mass is 9.43. The van der Waals surface area contributed by atoms with Crippen LogP contribution < -0.4 is 4.90 Å². The van der Waals surface area contributed by atoms with E-state index in [2.05, 4.69) is 181 Å². The number of hydrogen-bond donors (Lipinski definition) is 0. The Morgan fingerprint density at radius 1 is 0.345 bits per heavy atom. The maximum atomic E-state index is 2.54. The van der Waals surface area contributed by atoms with Gasteiger partial charge < -0.3 is 4.90 Å². The molecule has 0 heterocycles. The zero-order valence-electron chi connectivity index (χ0n) is 31.0. The molecule has 5 aliphatic rings. The van der Waals surface area contributed by atoms with Crippen molar-refractivity contribution in [3.63, 3.8) is 0 Å². The molecule has 1 nitrogen and oxygen atoms in total. The van der Waals surface area contributed by atoms with Gasteiger partial charge in [0.15, 0.2) is 0 Å². The van der Waals surface area contributed by atoms with Crippen LogP contribution in [0.1, 0.15) is 43.2 Å². The molecule has 0 atom stereocenters. The van der Waals surface area contributed by atoms with E-state index in [9.17, 15) is 0 Å². The minimum Gasteiger partial charge on any atom is -0.310 e. The van der Waals surface area contributed by atoms with Gasteiger partial charge in [0, 0.05) is 22.5 Å². The molecule has 0 saturated heterocycles. The van der Waals surface area contributed by atoms with Crippen molar-refractivity contribution in [1.29, 1.82) is 0 Å². The maximum Gasteiger partial charge on any atom is 0.0468 e. The third kappa shape index (κ3) is 4.78. The van der Waals surface area contributed by atoms with Gasteiger partial charge in [-0.2, -0.15) is 0 Å². The second kappa shape index (κ2) is 12.0. The summed E-state index contributed by atoms with van der Waals surface area (Å²) in [6.07, 6.45) is 7.17. The third-order valence-electron chi connectivity index (χ3n) is 14.2. The van der Waals surface area contributed by atoms with Gasteiger partial charge in [0.25, 0.3) is 0 Å². The van der Waals surface area contributed by atoms with Gasteiger partial charge in [-0.05, 0) is 170 Å². The van der Waals surface area contributed by atoms with E-state index < -0.39 is 0 Å². The molecule has 1 spiro atoms. The lowest BCUT2D eigenvalue weighted by molar-refractivity contribution is -0.0399. The standard InChI is InChI=1S/C54H43N/c1-3-9-41-32-43(14-13-37(41)7-1)39-15-21-47(22-16-39)55(49-25-19-38-8-2-4-10-42(38)33-49)48-23-17-40(18-24-48)44-20-26-53-51(34-44)50-11-5-6-12-52(50)54(53)45-28-35-27-36(30-45)31-46(54)29-35/h1-26,32-36,45-46H,27-31H2. The first kappa shape index (κ1) is 31.4. The highest BCUT2D eigenvalue weighted by molar-refractivity contribution is 5.91. The van der Waals surface area contributed by atoms with E-state index in [1.165, 1.54) is 87.0 Å². The molecule has 0 unspecified atom stereocenters. The van der Waals surface area contributed by atoms with E-state index in [1.807, 2.05) is 0 Å². The Morgan fingerprint density at radius 3 is 1.47 bits per heavy atom. The summed E-state index contributed by atoms with van der Waals surface area (Å²) in [7, 11) is 0. The Hall–Kier alpha value is -5.92. The third-order valence-corrected chi connectivity index (χ3v) is 14.2. The van der Waals surface area contributed by atoms with Crippen LogP contribution in [0, 0.1) is 23.7 Å². The van der Waals surface area contributed by atoms with Crippen LogP contribution in [-0.4, -0.2) is 0 Å². The predicted octanol–water partition coefficient (Wildman–Crippen LogP) is 14.5. The van der Waals surface area contributed by atoms with Crippen molar-refractivity contribution >= 4 is 38.6 Å². The summed E-state index contributed by atoms with van der Waals surface area (Å²) in [5.41, 5.74) is 14.9. The van der Waals surface area contributed by atoms with Crippen LogP contribution in [-0.2, 0) is 5.41 Å². The molecule has 1 heteroatoms. The van der Waals surface area contributed by atoms with Gasteiger partial charge in [0.05, 0.1) is 0 Å². The molecule has 4 saturated carbocycles. The largest absolute Gasteiger partial charge is 0.310 e. The van der Waals surface area contributed by atoms with Crippen molar-refractivity contribution in [3.05, 3.63) is 187 Å². The highest BCUT2D eigenvalue weighted by Gasteiger charge is 2.61. The van der Waals surface area contributed by atoms with E-state index in [1.54, 1.807) is 11.1 Å². The van der Waals surface area contributed by atoms with Gasteiger partial charge in [-0.15, -0.1) is 0 Å². The van der Waals surface area contributed by atoms with Crippen LogP contribution in [0.5, 0.6) is 0 Å². The number of rotatable bonds is 5. The molecule has 0 radical (unpaired) electrons. The second-order valence-electron chi connectivity index (χ2n) is 17.0. The predicted molar refractivity (Wildman–Crippen MR) is 230 cm³/mol. The average Bonchev–Trinajstić information content (AvgIpc) is 3.53. The molecule has 264 valence electrons. The molecular weight excluding hydrogens is 663 g/mol. The molecule has 0 aliphatic heterocycles. The van der Waals surface area contributed by atoms with Gasteiger partial charge in [-0.25, -0.2) is 0 Å². The fourth-order valence-corrected chi connectivity index (χ4v) is 12.1. The van der Waals surface area contributed by atoms with Crippen molar-refractivity contribution < 1.29 is 0 Å². The van der Waals surface area contributed by atoms with Crippen molar-refractivity contribution in [2.75, 3.05) is 4.90 Å². The topological polar surface area (TPSA) is 3.24 Å². The van der Waals surface area contributed by atoms with Gasteiger partial charge in [0.1, 0.15) is 0 Å². The van der Waals surface area contributed by atoms with E-state index in [0.29, 0.717) is 0 Å². The zero-order chi connectivity index (χ0) is 36.1. The summed E-state index contributed by atoms with van der Waals surface area (Å²) in [5.74, 6) is 3.50. The Bertz CT molecular complexity index is 2740. The van der Waals surface area contributed by atoms with E-state index in [4.69, 9.17) is 0 Å². The highest BCUT2D eigenvalue weighted by atomic mass is 15.1. The molecule has 55 heavy (non-hydrogen) atoms. The summed E-state index contributed by atoms with van der Waals surface area (Å²) < 4.78 is 0. The molecule has 4 fully saturated rings. The lowest BCUT2D eigenvalue weighted by Gasteiger charge is -2.61. The Balaban J connectivity index is 0.921. The Morgan fingerprint density at radius 2 is 0.818 bits per heavy atom.